The van der Waals surface area contributed by atoms with Gasteiger partial charge < -0.3 is 9.84 Å². The molecule has 19 heavy (non-hydrogen) atoms. The predicted molar refractivity (Wildman–Crippen MR) is 76.3 cm³/mol. The zero-order valence-electron chi connectivity index (χ0n) is 11.3. The summed E-state index contributed by atoms with van der Waals surface area (Å²) in [5, 5.41) is 16.3. The highest BCUT2D eigenvalue weighted by Gasteiger charge is 2.12. The Hall–Kier alpha value is -1.88. The fourth-order valence-electron chi connectivity index (χ4n) is 1.77. The summed E-state index contributed by atoms with van der Waals surface area (Å²) >= 11 is 1.65. The van der Waals surface area contributed by atoms with Crippen LogP contribution in [0.25, 0.3) is 12.2 Å². The highest BCUT2D eigenvalue weighted by Crippen LogP contribution is 2.27. The molecule has 0 saturated heterocycles. The molecule has 5 heteroatoms. The third-order valence-electron chi connectivity index (χ3n) is 2.69. The Morgan fingerprint density at radius 1 is 1.42 bits per heavy atom. The minimum absolute atomic E-state index is 0.147. The van der Waals surface area contributed by atoms with Crippen molar-refractivity contribution in [3.05, 3.63) is 33.8 Å². The molecule has 0 bridgehead atoms. The number of rotatable bonds is 4. The lowest BCUT2D eigenvalue weighted by molar-refractivity contribution is -0.747. The zero-order valence-corrected chi connectivity index (χ0v) is 12.1. The fourth-order valence-corrected chi connectivity index (χ4v) is 2.62. The molecule has 0 unspecified atom stereocenters. The van der Waals surface area contributed by atoms with E-state index in [4.69, 9.17) is 4.74 Å². The van der Waals surface area contributed by atoms with Gasteiger partial charge >= 0.3 is 0 Å². The second-order valence-corrected chi connectivity index (χ2v) is 5.25. The lowest BCUT2D eigenvalue weighted by Gasteiger charge is -2.02. The van der Waals surface area contributed by atoms with E-state index in [0.717, 1.165) is 22.1 Å². The van der Waals surface area contributed by atoms with Crippen molar-refractivity contribution in [3.63, 3.8) is 0 Å². The largest absolute Gasteiger partial charge is 0.504 e. The van der Waals surface area contributed by atoms with Gasteiger partial charge in [-0.1, -0.05) is 10.7 Å². The van der Waals surface area contributed by atoms with Crippen molar-refractivity contribution < 1.29 is 14.5 Å². The molecule has 1 aromatic carbocycles. The predicted octanol–water partition coefficient (Wildman–Crippen LogP) is 2.64. The molecule has 0 amide bonds. The van der Waals surface area contributed by atoms with Crippen LogP contribution in [0, 0.1) is 6.92 Å². The standard InChI is InChI=1S/C14H16N2O2S/c1-4-16-14(19-10(2)15-16)8-6-11-5-7-13(18-3)12(17)9-11/h5-9H,4H2,1-3H3/p+1. The molecule has 0 spiro atoms. The molecule has 2 rings (SSSR count). The van der Waals surface area contributed by atoms with Gasteiger partial charge in [-0.25, -0.2) is 0 Å². The van der Waals surface area contributed by atoms with E-state index in [-0.39, 0.29) is 5.75 Å². The molecule has 100 valence electrons. The van der Waals surface area contributed by atoms with Crippen molar-refractivity contribution in [2.24, 2.45) is 0 Å². The maximum absolute atomic E-state index is 9.72. The summed E-state index contributed by atoms with van der Waals surface area (Å²) in [7, 11) is 1.54. The van der Waals surface area contributed by atoms with Gasteiger partial charge in [0.2, 0.25) is 0 Å². The van der Waals surface area contributed by atoms with E-state index in [0.29, 0.717) is 5.75 Å². The minimum atomic E-state index is 0.147. The number of methoxy groups -OCH3 is 1. The van der Waals surface area contributed by atoms with Crippen molar-refractivity contribution >= 4 is 23.5 Å². The van der Waals surface area contributed by atoms with E-state index < -0.39 is 0 Å². The summed E-state index contributed by atoms with van der Waals surface area (Å²) < 4.78 is 6.97. The summed E-state index contributed by atoms with van der Waals surface area (Å²) in [4.78, 5) is 0. The van der Waals surface area contributed by atoms with Gasteiger partial charge in [-0.15, -0.1) is 0 Å². The first kappa shape index (κ1) is 13.5. The summed E-state index contributed by atoms with van der Waals surface area (Å²) in [5.74, 6) is 0.628. The fraction of sp³-hybridized carbons (Fsp3) is 0.286. The van der Waals surface area contributed by atoms with Crippen LogP contribution in [-0.2, 0) is 6.54 Å². The second-order valence-electron chi connectivity index (χ2n) is 4.04. The number of phenolic OH excluding ortho intramolecular Hbond substituents is 1. The molecule has 0 fully saturated rings. The van der Waals surface area contributed by atoms with E-state index in [1.165, 1.54) is 7.11 Å². The molecule has 0 atom stereocenters. The van der Waals surface area contributed by atoms with Crippen molar-refractivity contribution in [1.82, 2.24) is 5.10 Å². The molecule has 4 nitrogen and oxygen atoms in total. The number of hydrogen-bond donors (Lipinski definition) is 1. The number of hydrogen-bond acceptors (Lipinski definition) is 4. The quantitative estimate of drug-likeness (QED) is 0.874. The van der Waals surface area contributed by atoms with E-state index in [1.54, 1.807) is 23.5 Å². The van der Waals surface area contributed by atoms with Gasteiger partial charge in [-0.2, -0.15) is 0 Å². The molecule has 2 aromatic rings. The highest BCUT2D eigenvalue weighted by atomic mass is 32.1. The number of benzene rings is 1. The number of aromatic hydroxyl groups is 1. The average Bonchev–Trinajstić information content (AvgIpc) is 2.77. The van der Waals surface area contributed by atoms with Crippen LogP contribution in [0.5, 0.6) is 11.5 Å². The Morgan fingerprint density at radius 3 is 2.84 bits per heavy atom. The van der Waals surface area contributed by atoms with Gasteiger partial charge in [-0.3, -0.25) is 0 Å². The van der Waals surface area contributed by atoms with Crippen molar-refractivity contribution in [1.29, 1.82) is 0 Å². The molecule has 1 heterocycles. The third kappa shape index (κ3) is 3.12. The first-order valence-electron chi connectivity index (χ1n) is 6.06. The summed E-state index contributed by atoms with van der Waals surface area (Å²) in [6, 6.07) is 5.33. The summed E-state index contributed by atoms with van der Waals surface area (Å²) in [5.41, 5.74) is 0.923. The Kier molecular flexibility index (Phi) is 4.16. The van der Waals surface area contributed by atoms with Gasteiger partial charge in [-0.05, 0) is 49.0 Å². The van der Waals surface area contributed by atoms with E-state index in [9.17, 15) is 5.11 Å². The average molecular weight is 277 g/mol. The third-order valence-corrected chi connectivity index (χ3v) is 3.62. The summed E-state index contributed by atoms with van der Waals surface area (Å²) in [6.45, 7) is 4.90. The number of phenols is 1. The molecular formula is C14H17N2O2S+. The lowest BCUT2D eigenvalue weighted by atomic mass is 10.2. The SMILES string of the molecule is CC[n+]1nc(C)sc1C=Cc1ccc(OC)c(O)c1. The molecule has 0 saturated carbocycles. The van der Waals surface area contributed by atoms with Crippen molar-refractivity contribution in [2.75, 3.05) is 7.11 Å². The van der Waals surface area contributed by atoms with Crippen LogP contribution in [0.3, 0.4) is 0 Å². The van der Waals surface area contributed by atoms with Crippen LogP contribution in [0.4, 0.5) is 0 Å². The molecule has 0 radical (unpaired) electrons. The van der Waals surface area contributed by atoms with E-state index in [1.807, 2.05) is 29.8 Å². The van der Waals surface area contributed by atoms with Crippen molar-refractivity contribution in [3.8, 4) is 11.5 Å². The van der Waals surface area contributed by atoms with Crippen LogP contribution < -0.4 is 9.42 Å². The second kappa shape index (κ2) is 5.84. The van der Waals surface area contributed by atoms with Gasteiger partial charge in [0.25, 0.3) is 5.01 Å². The molecule has 0 aliphatic rings. The van der Waals surface area contributed by atoms with Crippen LogP contribution in [0.15, 0.2) is 18.2 Å². The monoisotopic (exact) mass is 277 g/mol. The maximum atomic E-state index is 9.72. The topological polar surface area (TPSA) is 46.2 Å². The molecular weight excluding hydrogens is 260 g/mol. The summed E-state index contributed by atoms with van der Waals surface area (Å²) in [6.07, 6.45) is 3.97. The van der Waals surface area contributed by atoms with Gasteiger partial charge in [0.1, 0.15) is 0 Å². The number of aryl methyl sites for hydroxylation is 2. The van der Waals surface area contributed by atoms with Gasteiger partial charge in [0.15, 0.2) is 23.1 Å². The minimum Gasteiger partial charge on any atom is -0.504 e. The Morgan fingerprint density at radius 2 is 2.21 bits per heavy atom. The van der Waals surface area contributed by atoms with Crippen LogP contribution >= 0.6 is 11.3 Å². The Balaban J connectivity index is 2.24. The first-order valence-corrected chi connectivity index (χ1v) is 6.88. The van der Waals surface area contributed by atoms with Gasteiger partial charge in [0, 0.05) is 11.2 Å². The molecule has 1 N–H and O–H groups in total. The Labute approximate surface area is 116 Å². The first-order chi connectivity index (χ1) is 9.13. The smallest absolute Gasteiger partial charge is 0.289 e. The van der Waals surface area contributed by atoms with Crippen LogP contribution in [0.1, 0.15) is 22.5 Å². The van der Waals surface area contributed by atoms with Gasteiger partial charge in [0.05, 0.1) is 7.11 Å². The van der Waals surface area contributed by atoms with Crippen LogP contribution in [-0.4, -0.2) is 17.3 Å². The normalized spacial score (nSPS) is 11.1. The van der Waals surface area contributed by atoms with E-state index in [2.05, 4.69) is 12.0 Å². The van der Waals surface area contributed by atoms with E-state index >= 15 is 0 Å². The van der Waals surface area contributed by atoms with Crippen molar-refractivity contribution in [2.45, 2.75) is 20.4 Å². The van der Waals surface area contributed by atoms with Crippen LogP contribution in [0.2, 0.25) is 0 Å². The number of ether oxygens (including phenoxy) is 1. The number of aromatic nitrogens is 2. The highest BCUT2D eigenvalue weighted by molar-refractivity contribution is 7.11. The zero-order chi connectivity index (χ0) is 13.8. The lowest BCUT2D eigenvalue weighted by Crippen LogP contribution is -2.36. The molecule has 1 aromatic heterocycles. The molecule has 0 aliphatic carbocycles. The number of nitrogens with zero attached hydrogens (tertiary/aromatic N) is 2. The molecule has 0 aliphatic heterocycles. The maximum Gasteiger partial charge on any atom is 0.289 e. The Bertz CT molecular complexity index is 605.